The van der Waals surface area contributed by atoms with Crippen molar-refractivity contribution in [1.82, 2.24) is 0 Å². The molecule has 2 nitrogen and oxygen atoms in total. The first kappa shape index (κ1) is 16.6. The van der Waals surface area contributed by atoms with Gasteiger partial charge in [0.1, 0.15) is 0 Å². The molecule has 0 unspecified atom stereocenters. The summed E-state index contributed by atoms with van der Waals surface area (Å²) in [6, 6.07) is 28.9. The second-order valence-corrected chi connectivity index (χ2v) is 6.72. The van der Waals surface area contributed by atoms with Gasteiger partial charge >= 0.3 is 0 Å². The number of rotatable bonds is 4. The first-order chi connectivity index (χ1) is 12.8. The molecule has 0 bridgehead atoms. The van der Waals surface area contributed by atoms with Crippen LogP contribution >= 0.6 is 11.6 Å². The first-order valence-corrected chi connectivity index (χ1v) is 9.08. The molecule has 3 aromatic rings. The van der Waals surface area contributed by atoms with Crippen LogP contribution < -0.4 is 5.01 Å². The number of nitrogens with zero attached hydrogens (tertiary/aromatic N) is 2. The maximum absolute atomic E-state index is 6.05. The van der Waals surface area contributed by atoms with Crippen LogP contribution in [0.1, 0.15) is 23.6 Å². The smallest absolute Gasteiger partial charge is 0.0831 e. The van der Waals surface area contributed by atoms with Gasteiger partial charge < -0.3 is 0 Å². The lowest BCUT2D eigenvalue weighted by Crippen LogP contribution is -2.18. The van der Waals surface area contributed by atoms with Crippen molar-refractivity contribution in [2.75, 3.05) is 5.01 Å². The molecule has 0 aromatic heterocycles. The first-order valence-electron chi connectivity index (χ1n) is 8.70. The SMILES string of the molecule is Clc1ccc(N2N=C(C=Cc3ccccc3)C[C@@H]2c2ccccc2)cc1. The van der Waals surface area contributed by atoms with Gasteiger partial charge in [0.05, 0.1) is 17.4 Å². The minimum atomic E-state index is 0.188. The Morgan fingerprint density at radius 3 is 2.15 bits per heavy atom. The van der Waals surface area contributed by atoms with Gasteiger partial charge in [0, 0.05) is 11.4 Å². The maximum atomic E-state index is 6.05. The van der Waals surface area contributed by atoms with Gasteiger partial charge in [0.25, 0.3) is 0 Å². The zero-order chi connectivity index (χ0) is 17.8. The molecular formula is C23H19ClN2. The van der Waals surface area contributed by atoms with E-state index in [0.717, 1.165) is 22.8 Å². The van der Waals surface area contributed by atoms with Crippen LogP contribution in [0.15, 0.2) is 96.1 Å². The molecule has 1 atom stereocenters. The lowest BCUT2D eigenvalue weighted by molar-refractivity contribution is 0.709. The summed E-state index contributed by atoms with van der Waals surface area (Å²) in [6.07, 6.45) is 5.10. The van der Waals surface area contributed by atoms with E-state index in [1.807, 2.05) is 48.5 Å². The van der Waals surface area contributed by atoms with E-state index in [1.165, 1.54) is 11.1 Å². The van der Waals surface area contributed by atoms with Gasteiger partial charge in [-0.15, -0.1) is 0 Å². The van der Waals surface area contributed by atoms with Gasteiger partial charge in [-0.3, -0.25) is 5.01 Å². The van der Waals surface area contributed by atoms with Gasteiger partial charge in [0.15, 0.2) is 0 Å². The fraction of sp³-hybridized carbons (Fsp3) is 0.0870. The largest absolute Gasteiger partial charge is 0.257 e. The summed E-state index contributed by atoms with van der Waals surface area (Å²) >= 11 is 6.05. The third kappa shape index (κ3) is 3.71. The van der Waals surface area contributed by atoms with Crippen LogP contribution in [0.4, 0.5) is 5.69 Å². The van der Waals surface area contributed by atoms with E-state index in [4.69, 9.17) is 16.7 Å². The minimum Gasteiger partial charge on any atom is -0.257 e. The van der Waals surface area contributed by atoms with Crippen LogP contribution in [0, 0.1) is 0 Å². The predicted octanol–water partition coefficient (Wildman–Crippen LogP) is 6.36. The molecule has 0 N–H and O–H groups in total. The van der Waals surface area contributed by atoms with Crippen LogP contribution in [0.25, 0.3) is 6.08 Å². The summed E-state index contributed by atoms with van der Waals surface area (Å²) in [5, 5.41) is 7.71. The molecule has 3 heteroatoms. The Hall–Kier alpha value is -2.84. The molecule has 128 valence electrons. The highest BCUT2D eigenvalue weighted by molar-refractivity contribution is 6.30. The molecule has 1 heterocycles. The summed E-state index contributed by atoms with van der Waals surface area (Å²) in [4.78, 5) is 0. The summed E-state index contributed by atoms with van der Waals surface area (Å²) in [6.45, 7) is 0. The molecule has 1 aliphatic rings. The monoisotopic (exact) mass is 358 g/mol. The van der Waals surface area contributed by atoms with E-state index in [1.54, 1.807) is 0 Å². The van der Waals surface area contributed by atoms with Crippen molar-refractivity contribution in [1.29, 1.82) is 0 Å². The zero-order valence-corrected chi connectivity index (χ0v) is 15.1. The molecule has 0 amide bonds. The summed E-state index contributed by atoms with van der Waals surface area (Å²) in [5.74, 6) is 0. The van der Waals surface area contributed by atoms with Crippen LogP contribution in [0.2, 0.25) is 5.02 Å². The quantitative estimate of drug-likeness (QED) is 0.529. The molecule has 1 aliphatic heterocycles. The van der Waals surface area contributed by atoms with E-state index >= 15 is 0 Å². The highest BCUT2D eigenvalue weighted by Crippen LogP contribution is 2.35. The molecule has 0 saturated carbocycles. The second-order valence-electron chi connectivity index (χ2n) is 6.29. The molecule has 0 spiro atoms. The normalized spacial score (nSPS) is 16.9. The lowest BCUT2D eigenvalue weighted by Gasteiger charge is -2.24. The Bertz CT molecular complexity index is 915. The lowest BCUT2D eigenvalue weighted by atomic mass is 10.0. The molecule has 3 aromatic carbocycles. The second kappa shape index (κ2) is 7.59. The molecule has 0 fully saturated rings. The van der Waals surface area contributed by atoms with Crippen molar-refractivity contribution >= 4 is 29.1 Å². The molecule has 26 heavy (non-hydrogen) atoms. The highest BCUT2D eigenvalue weighted by atomic mass is 35.5. The predicted molar refractivity (Wildman–Crippen MR) is 111 cm³/mol. The van der Waals surface area contributed by atoms with E-state index < -0.39 is 0 Å². The van der Waals surface area contributed by atoms with Crippen LogP contribution in [-0.4, -0.2) is 5.71 Å². The number of hydrogen-bond acceptors (Lipinski definition) is 2. The third-order valence-electron chi connectivity index (χ3n) is 4.48. The topological polar surface area (TPSA) is 15.6 Å². The van der Waals surface area contributed by atoms with E-state index in [2.05, 4.69) is 53.6 Å². The Morgan fingerprint density at radius 2 is 1.46 bits per heavy atom. The van der Waals surface area contributed by atoms with Crippen molar-refractivity contribution in [3.05, 3.63) is 107 Å². The van der Waals surface area contributed by atoms with Gasteiger partial charge in [-0.05, 0) is 41.5 Å². The van der Waals surface area contributed by atoms with Crippen LogP contribution in [-0.2, 0) is 0 Å². The molecule has 0 saturated heterocycles. The number of anilines is 1. The van der Waals surface area contributed by atoms with Crippen molar-refractivity contribution in [3.63, 3.8) is 0 Å². The zero-order valence-electron chi connectivity index (χ0n) is 14.3. The van der Waals surface area contributed by atoms with Gasteiger partial charge in [-0.25, -0.2) is 0 Å². The fourth-order valence-electron chi connectivity index (χ4n) is 3.16. The molecule has 4 rings (SSSR count). The van der Waals surface area contributed by atoms with Crippen LogP contribution in [0.3, 0.4) is 0 Å². The summed E-state index contributed by atoms with van der Waals surface area (Å²) in [5.41, 5.74) is 4.55. The van der Waals surface area contributed by atoms with E-state index in [-0.39, 0.29) is 6.04 Å². The average molecular weight is 359 g/mol. The van der Waals surface area contributed by atoms with Crippen molar-refractivity contribution in [2.45, 2.75) is 12.5 Å². The van der Waals surface area contributed by atoms with Gasteiger partial charge in [-0.1, -0.05) is 78.3 Å². The Balaban J connectivity index is 1.65. The average Bonchev–Trinajstić information content (AvgIpc) is 3.13. The number of hydrogen-bond donors (Lipinski definition) is 0. The summed E-state index contributed by atoms with van der Waals surface area (Å²) in [7, 11) is 0. The minimum absolute atomic E-state index is 0.188. The maximum Gasteiger partial charge on any atom is 0.0831 e. The van der Waals surface area contributed by atoms with E-state index in [0.29, 0.717) is 0 Å². The van der Waals surface area contributed by atoms with Crippen LogP contribution in [0.5, 0.6) is 0 Å². The van der Waals surface area contributed by atoms with Crippen molar-refractivity contribution in [2.24, 2.45) is 5.10 Å². The molecular weight excluding hydrogens is 340 g/mol. The van der Waals surface area contributed by atoms with E-state index in [9.17, 15) is 0 Å². The van der Waals surface area contributed by atoms with Gasteiger partial charge in [-0.2, -0.15) is 5.10 Å². The standard InChI is InChI=1S/C23H19ClN2/c24-20-12-15-22(16-13-20)26-23(19-9-5-2-6-10-19)17-21(25-26)14-11-18-7-3-1-4-8-18/h1-16,23H,17H2/t23-/m1/s1. The number of benzene rings is 3. The Labute approximate surface area is 159 Å². The number of allylic oxidation sites excluding steroid dienone is 1. The van der Waals surface area contributed by atoms with Crippen molar-refractivity contribution < 1.29 is 0 Å². The Morgan fingerprint density at radius 1 is 0.808 bits per heavy atom. The van der Waals surface area contributed by atoms with Crippen molar-refractivity contribution in [3.8, 4) is 0 Å². The molecule has 0 radical (unpaired) electrons. The summed E-state index contributed by atoms with van der Waals surface area (Å²) < 4.78 is 0. The number of hydrazone groups is 1. The highest BCUT2D eigenvalue weighted by Gasteiger charge is 2.27. The molecule has 0 aliphatic carbocycles. The fourth-order valence-corrected chi connectivity index (χ4v) is 3.28. The van der Waals surface area contributed by atoms with Gasteiger partial charge in [0.2, 0.25) is 0 Å². The third-order valence-corrected chi connectivity index (χ3v) is 4.73. The number of halogens is 1. The Kier molecular flexibility index (Phi) is 4.85.